The van der Waals surface area contributed by atoms with E-state index in [0.29, 0.717) is 17.8 Å². The third-order valence-electron chi connectivity index (χ3n) is 5.16. The third kappa shape index (κ3) is 5.64. The topological polar surface area (TPSA) is 70.7 Å². The van der Waals surface area contributed by atoms with Crippen molar-refractivity contribution < 1.29 is 4.79 Å². The van der Waals surface area contributed by atoms with Crippen LogP contribution < -0.4 is 5.32 Å². The maximum absolute atomic E-state index is 12.8. The van der Waals surface area contributed by atoms with Gasteiger partial charge in [-0.2, -0.15) is 10.4 Å². The van der Waals surface area contributed by atoms with E-state index in [2.05, 4.69) is 24.4 Å². The average Bonchev–Trinajstić information content (AvgIpc) is 3.31. The Morgan fingerprint density at radius 2 is 1.71 bits per heavy atom. The highest BCUT2D eigenvalue weighted by Gasteiger charge is 2.15. The lowest BCUT2D eigenvalue weighted by molar-refractivity contribution is -0.117. The number of carbonyl (C=O) groups is 1. The fourth-order valence-corrected chi connectivity index (χ4v) is 4.15. The number of aromatic nitrogens is 2. The summed E-state index contributed by atoms with van der Waals surface area (Å²) in [4.78, 5) is 13.9. The summed E-state index contributed by atoms with van der Waals surface area (Å²) in [6.45, 7) is 2.47. The van der Waals surface area contributed by atoms with Crippen LogP contribution >= 0.6 is 11.8 Å². The minimum atomic E-state index is -0.417. The highest BCUT2D eigenvalue weighted by atomic mass is 32.2. The van der Waals surface area contributed by atoms with Gasteiger partial charge in [-0.05, 0) is 41.7 Å². The zero-order chi connectivity index (χ0) is 23.8. The van der Waals surface area contributed by atoms with Gasteiger partial charge in [-0.3, -0.25) is 4.79 Å². The van der Waals surface area contributed by atoms with Crippen LogP contribution in [0.4, 0.5) is 0 Å². The van der Waals surface area contributed by atoms with Gasteiger partial charge in [0, 0.05) is 28.8 Å². The van der Waals surface area contributed by atoms with E-state index in [-0.39, 0.29) is 5.57 Å². The average molecular weight is 465 g/mol. The van der Waals surface area contributed by atoms with E-state index in [1.54, 1.807) is 22.5 Å². The molecule has 1 aromatic heterocycles. The molecule has 0 fully saturated rings. The first-order valence-electron chi connectivity index (χ1n) is 11.0. The van der Waals surface area contributed by atoms with Crippen LogP contribution in [0.2, 0.25) is 0 Å². The van der Waals surface area contributed by atoms with Crippen LogP contribution in [0, 0.1) is 11.3 Å². The van der Waals surface area contributed by atoms with E-state index in [1.807, 2.05) is 85.1 Å². The molecule has 168 valence electrons. The molecule has 0 radical (unpaired) electrons. The number of nitriles is 1. The maximum atomic E-state index is 12.8. The second-order valence-corrected chi connectivity index (χ2v) is 8.85. The predicted molar refractivity (Wildman–Crippen MR) is 137 cm³/mol. The Hall–Kier alpha value is -4.08. The van der Waals surface area contributed by atoms with E-state index in [9.17, 15) is 10.1 Å². The number of nitrogens with zero attached hydrogens (tertiary/aromatic N) is 3. The molecular formula is C28H24N4OS. The van der Waals surface area contributed by atoms with Crippen LogP contribution in [0.15, 0.2) is 102 Å². The summed E-state index contributed by atoms with van der Waals surface area (Å²) in [6, 6.07) is 29.6. The Balaban J connectivity index is 1.68. The van der Waals surface area contributed by atoms with Gasteiger partial charge in [0.2, 0.25) is 0 Å². The summed E-state index contributed by atoms with van der Waals surface area (Å²) in [5.41, 5.74) is 4.22. The highest BCUT2D eigenvalue weighted by Crippen LogP contribution is 2.28. The molecule has 0 spiro atoms. The van der Waals surface area contributed by atoms with E-state index in [0.717, 1.165) is 22.6 Å². The summed E-state index contributed by atoms with van der Waals surface area (Å²) >= 11 is 1.77. The van der Waals surface area contributed by atoms with Crippen LogP contribution in [0.5, 0.6) is 0 Å². The van der Waals surface area contributed by atoms with Gasteiger partial charge < -0.3 is 5.32 Å². The molecule has 0 saturated heterocycles. The Kier molecular flexibility index (Phi) is 7.59. The van der Waals surface area contributed by atoms with Crippen LogP contribution in [0.25, 0.3) is 23.0 Å². The van der Waals surface area contributed by atoms with E-state index in [4.69, 9.17) is 5.10 Å². The van der Waals surface area contributed by atoms with Crippen molar-refractivity contribution in [2.75, 3.05) is 5.75 Å². The van der Waals surface area contributed by atoms with E-state index >= 15 is 0 Å². The molecule has 1 amide bonds. The molecule has 0 saturated carbocycles. The third-order valence-corrected chi connectivity index (χ3v) is 6.06. The number of benzene rings is 3. The summed E-state index contributed by atoms with van der Waals surface area (Å²) in [7, 11) is 0. The van der Waals surface area contributed by atoms with Crippen LogP contribution in [0.3, 0.4) is 0 Å². The van der Waals surface area contributed by atoms with E-state index in [1.165, 1.54) is 4.90 Å². The summed E-state index contributed by atoms with van der Waals surface area (Å²) in [5, 5.41) is 17.3. The number of rotatable bonds is 8. The number of nitrogens with one attached hydrogen (secondary N) is 1. The number of hydrogen-bond donors (Lipinski definition) is 1. The molecule has 3 aromatic carbocycles. The van der Waals surface area contributed by atoms with Crippen molar-refractivity contribution in [3.8, 4) is 23.0 Å². The summed E-state index contributed by atoms with van der Waals surface area (Å²) in [6.07, 6.45) is 3.46. The van der Waals surface area contributed by atoms with Crippen molar-refractivity contribution in [1.29, 1.82) is 5.26 Å². The minimum absolute atomic E-state index is 0.0305. The lowest BCUT2D eigenvalue weighted by atomic mass is 10.1. The first-order chi connectivity index (χ1) is 16.7. The normalized spacial score (nSPS) is 11.1. The fraction of sp³-hybridized carbons (Fsp3) is 0.107. The molecule has 4 rings (SSSR count). The molecule has 6 heteroatoms. The monoisotopic (exact) mass is 464 g/mol. The first kappa shape index (κ1) is 23.1. The standard InChI is InChI=1S/C28H24N4OS/c1-2-34-26-15-13-22(14-16-26)27-24(20-32(31-27)25-11-7-4-8-12-25)17-23(18-29)28(33)30-19-21-9-5-3-6-10-21/h3-17,20H,2,19H2,1H3,(H,30,33)/b23-17-. The van der Waals surface area contributed by atoms with Gasteiger partial charge in [-0.1, -0.05) is 67.6 Å². The van der Waals surface area contributed by atoms with Crippen LogP contribution in [0.1, 0.15) is 18.1 Å². The number of amides is 1. The molecular weight excluding hydrogens is 440 g/mol. The molecule has 1 heterocycles. The first-order valence-corrected chi connectivity index (χ1v) is 12.0. The molecule has 0 atom stereocenters. The molecule has 0 aliphatic rings. The largest absolute Gasteiger partial charge is 0.347 e. The van der Waals surface area contributed by atoms with Gasteiger partial charge >= 0.3 is 0 Å². The minimum Gasteiger partial charge on any atom is -0.347 e. The number of carbonyl (C=O) groups excluding carboxylic acids is 1. The Morgan fingerprint density at radius 3 is 2.35 bits per heavy atom. The molecule has 0 aliphatic carbocycles. The van der Waals surface area contributed by atoms with Crippen molar-refractivity contribution in [3.63, 3.8) is 0 Å². The molecule has 4 aromatic rings. The molecule has 0 bridgehead atoms. The maximum Gasteiger partial charge on any atom is 0.262 e. The van der Waals surface area contributed by atoms with Gasteiger partial charge in [0.05, 0.1) is 11.4 Å². The lowest BCUT2D eigenvalue weighted by Crippen LogP contribution is -2.23. The Bertz CT molecular complexity index is 1320. The number of thioether (sulfide) groups is 1. The Morgan fingerprint density at radius 1 is 1.03 bits per heavy atom. The summed E-state index contributed by atoms with van der Waals surface area (Å²) in [5.74, 6) is 0.582. The number of para-hydroxylation sites is 1. The van der Waals surface area contributed by atoms with Crippen LogP contribution in [-0.4, -0.2) is 21.4 Å². The van der Waals surface area contributed by atoms with Gasteiger partial charge in [0.25, 0.3) is 5.91 Å². The number of hydrogen-bond acceptors (Lipinski definition) is 4. The van der Waals surface area contributed by atoms with Crippen molar-refractivity contribution in [1.82, 2.24) is 15.1 Å². The molecule has 34 heavy (non-hydrogen) atoms. The summed E-state index contributed by atoms with van der Waals surface area (Å²) < 4.78 is 1.77. The zero-order valence-corrected chi connectivity index (χ0v) is 19.6. The predicted octanol–water partition coefficient (Wildman–Crippen LogP) is 5.87. The quantitative estimate of drug-likeness (QED) is 0.201. The van der Waals surface area contributed by atoms with Gasteiger partial charge in [0.15, 0.2) is 0 Å². The van der Waals surface area contributed by atoms with Gasteiger partial charge in [-0.25, -0.2) is 4.68 Å². The smallest absolute Gasteiger partial charge is 0.262 e. The lowest BCUT2D eigenvalue weighted by Gasteiger charge is -2.05. The van der Waals surface area contributed by atoms with E-state index < -0.39 is 5.91 Å². The van der Waals surface area contributed by atoms with Crippen LogP contribution in [-0.2, 0) is 11.3 Å². The fourth-order valence-electron chi connectivity index (χ4n) is 3.48. The molecule has 0 unspecified atom stereocenters. The Labute approximate surface area is 203 Å². The highest BCUT2D eigenvalue weighted by molar-refractivity contribution is 7.99. The van der Waals surface area contributed by atoms with Crippen molar-refractivity contribution in [3.05, 3.63) is 108 Å². The SMILES string of the molecule is CCSc1ccc(-c2nn(-c3ccccc3)cc2/C=C(/C#N)C(=O)NCc2ccccc2)cc1. The molecule has 1 N–H and O–H groups in total. The second-order valence-electron chi connectivity index (χ2n) is 7.51. The van der Waals surface area contributed by atoms with Gasteiger partial charge in [-0.15, -0.1) is 11.8 Å². The molecule has 0 aliphatic heterocycles. The zero-order valence-electron chi connectivity index (χ0n) is 18.8. The van der Waals surface area contributed by atoms with Crippen molar-refractivity contribution >= 4 is 23.7 Å². The van der Waals surface area contributed by atoms with Gasteiger partial charge in [0.1, 0.15) is 11.6 Å². The second kappa shape index (κ2) is 11.2. The molecule has 5 nitrogen and oxygen atoms in total. The van der Waals surface area contributed by atoms with Crippen molar-refractivity contribution in [2.45, 2.75) is 18.4 Å². The van der Waals surface area contributed by atoms with Crippen molar-refractivity contribution in [2.24, 2.45) is 0 Å².